The zero-order valence-electron chi connectivity index (χ0n) is 17.3. The molecule has 0 aliphatic carbocycles. The highest BCUT2D eigenvalue weighted by Crippen LogP contribution is 2.36. The Morgan fingerprint density at radius 2 is 2.00 bits per heavy atom. The van der Waals surface area contributed by atoms with Crippen LogP contribution in [-0.4, -0.2) is 38.8 Å². The third-order valence-corrected chi connectivity index (χ3v) is 5.72. The Hall–Kier alpha value is -3.49. The van der Waals surface area contributed by atoms with E-state index in [0.717, 1.165) is 18.7 Å². The molecule has 2 atom stereocenters. The minimum absolute atomic E-state index is 0.000217. The summed E-state index contributed by atoms with van der Waals surface area (Å²) in [5.74, 6) is 1.57. The van der Waals surface area contributed by atoms with E-state index < -0.39 is 5.82 Å². The van der Waals surface area contributed by atoms with Gasteiger partial charge in [-0.15, -0.1) is 0 Å². The van der Waals surface area contributed by atoms with Gasteiger partial charge < -0.3 is 20.3 Å². The highest BCUT2D eigenvalue weighted by Gasteiger charge is 2.28. The molecule has 32 heavy (non-hydrogen) atoms. The fourth-order valence-corrected chi connectivity index (χ4v) is 4.09. The Balaban J connectivity index is 1.53. The molecule has 1 fully saturated rings. The Kier molecular flexibility index (Phi) is 5.46. The highest BCUT2D eigenvalue weighted by atomic mass is 19.1. The normalized spacial score (nSPS) is 18.7. The number of aliphatic hydroxyl groups excluding tert-OH is 1. The fourth-order valence-electron chi connectivity index (χ4n) is 4.09. The molecule has 5 rings (SSSR count). The van der Waals surface area contributed by atoms with Crippen LogP contribution in [0.5, 0.6) is 11.5 Å². The van der Waals surface area contributed by atoms with Gasteiger partial charge in [-0.05, 0) is 37.1 Å². The Morgan fingerprint density at radius 1 is 1.16 bits per heavy atom. The van der Waals surface area contributed by atoms with Gasteiger partial charge in [0.2, 0.25) is 0 Å². The van der Waals surface area contributed by atoms with E-state index in [1.54, 1.807) is 36.7 Å². The molecule has 0 bridgehead atoms. The highest BCUT2D eigenvalue weighted by molar-refractivity contribution is 5.85. The van der Waals surface area contributed by atoms with Gasteiger partial charge in [-0.3, -0.25) is 4.40 Å². The number of hydrogen-bond donors (Lipinski definition) is 2. The first-order valence-electron chi connectivity index (χ1n) is 10.5. The van der Waals surface area contributed by atoms with Crippen molar-refractivity contribution in [3.05, 3.63) is 72.6 Å². The van der Waals surface area contributed by atoms with Gasteiger partial charge in [0.25, 0.3) is 0 Å². The van der Waals surface area contributed by atoms with Crippen molar-refractivity contribution < 1.29 is 19.0 Å². The number of fused-ring (bicyclic) bond motifs is 1. The van der Waals surface area contributed by atoms with Gasteiger partial charge in [-0.25, -0.2) is 14.4 Å². The van der Waals surface area contributed by atoms with Crippen molar-refractivity contribution in [1.82, 2.24) is 14.4 Å². The van der Waals surface area contributed by atoms with E-state index in [1.807, 2.05) is 22.6 Å². The van der Waals surface area contributed by atoms with Gasteiger partial charge in [0.15, 0.2) is 0 Å². The SMILES string of the molecule is Nc1nccn2c(C3CCC(CO)OC3)nc(-c3ccc(Oc4ccccc4)cc3F)c12. The quantitative estimate of drug-likeness (QED) is 0.490. The van der Waals surface area contributed by atoms with Crippen molar-refractivity contribution in [2.24, 2.45) is 0 Å². The van der Waals surface area contributed by atoms with Crippen LogP contribution in [0.15, 0.2) is 60.9 Å². The zero-order chi connectivity index (χ0) is 22.1. The van der Waals surface area contributed by atoms with Crippen LogP contribution in [0.25, 0.3) is 16.8 Å². The summed E-state index contributed by atoms with van der Waals surface area (Å²) in [7, 11) is 0. The Morgan fingerprint density at radius 3 is 2.72 bits per heavy atom. The summed E-state index contributed by atoms with van der Waals surface area (Å²) in [5, 5.41) is 9.33. The standard InChI is InChI=1S/C24H23FN4O3/c25-20-12-17(32-16-4-2-1-3-5-16)8-9-19(20)21-22-23(26)27-10-11-29(22)24(28-21)15-6-7-18(13-30)31-14-15/h1-5,8-12,15,18,30H,6-7,13-14H2,(H2,26,27). The number of rotatable bonds is 5. The minimum Gasteiger partial charge on any atom is -0.457 e. The van der Waals surface area contributed by atoms with E-state index in [9.17, 15) is 5.11 Å². The molecule has 2 aromatic heterocycles. The number of ether oxygens (including phenoxy) is 2. The van der Waals surface area contributed by atoms with E-state index in [-0.39, 0.29) is 24.4 Å². The largest absolute Gasteiger partial charge is 0.457 e. The molecule has 2 aromatic carbocycles. The van der Waals surface area contributed by atoms with Crippen LogP contribution < -0.4 is 10.5 Å². The van der Waals surface area contributed by atoms with Gasteiger partial charge in [0, 0.05) is 29.9 Å². The molecule has 3 heterocycles. The predicted molar refractivity (Wildman–Crippen MR) is 118 cm³/mol. The van der Waals surface area contributed by atoms with Gasteiger partial charge in [-0.2, -0.15) is 0 Å². The van der Waals surface area contributed by atoms with E-state index in [4.69, 9.17) is 20.2 Å². The van der Waals surface area contributed by atoms with Crippen LogP contribution in [0.2, 0.25) is 0 Å². The zero-order valence-corrected chi connectivity index (χ0v) is 17.3. The number of aliphatic hydroxyl groups is 1. The lowest BCUT2D eigenvalue weighted by molar-refractivity contribution is -0.0282. The first-order chi connectivity index (χ1) is 15.6. The maximum Gasteiger partial charge on any atom is 0.150 e. The summed E-state index contributed by atoms with van der Waals surface area (Å²) in [6, 6.07) is 13.9. The summed E-state index contributed by atoms with van der Waals surface area (Å²) in [4.78, 5) is 8.97. The summed E-state index contributed by atoms with van der Waals surface area (Å²) in [6.45, 7) is 0.429. The molecule has 0 saturated carbocycles. The average Bonchev–Trinajstić information content (AvgIpc) is 3.21. The molecular weight excluding hydrogens is 411 g/mol. The summed E-state index contributed by atoms with van der Waals surface area (Å²) >= 11 is 0. The van der Waals surface area contributed by atoms with Crippen LogP contribution in [-0.2, 0) is 4.74 Å². The minimum atomic E-state index is -0.464. The van der Waals surface area contributed by atoms with Crippen molar-refractivity contribution in [2.45, 2.75) is 24.9 Å². The molecule has 0 spiro atoms. The van der Waals surface area contributed by atoms with Gasteiger partial charge in [0.05, 0.1) is 19.3 Å². The molecule has 8 heteroatoms. The van der Waals surface area contributed by atoms with Crippen LogP contribution >= 0.6 is 0 Å². The lowest BCUT2D eigenvalue weighted by Crippen LogP contribution is -2.28. The van der Waals surface area contributed by atoms with Crippen molar-refractivity contribution in [1.29, 1.82) is 0 Å². The molecule has 1 saturated heterocycles. The summed E-state index contributed by atoms with van der Waals surface area (Å²) in [5.41, 5.74) is 7.49. The number of nitrogens with zero attached hydrogens (tertiary/aromatic N) is 3. The summed E-state index contributed by atoms with van der Waals surface area (Å²) < 4.78 is 28.5. The van der Waals surface area contributed by atoms with E-state index in [0.29, 0.717) is 34.9 Å². The first-order valence-corrected chi connectivity index (χ1v) is 10.5. The average molecular weight is 434 g/mol. The second-order valence-electron chi connectivity index (χ2n) is 7.82. The predicted octanol–water partition coefficient (Wildman–Crippen LogP) is 4.16. The Bertz CT molecular complexity index is 1240. The van der Waals surface area contributed by atoms with E-state index in [2.05, 4.69) is 4.98 Å². The fraction of sp³-hybridized carbons (Fsp3) is 0.250. The second-order valence-corrected chi connectivity index (χ2v) is 7.82. The number of para-hydroxylation sites is 1. The van der Waals surface area contributed by atoms with Crippen molar-refractivity contribution in [3.8, 4) is 22.8 Å². The third-order valence-electron chi connectivity index (χ3n) is 5.72. The number of halogens is 1. The number of nitrogens with two attached hydrogens (primary N) is 1. The number of aromatic nitrogens is 3. The lowest BCUT2D eigenvalue weighted by atomic mass is 9.98. The van der Waals surface area contributed by atoms with Crippen molar-refractivity contribution >= 4 is 11.3 Å². The van der Waals surface area contributed by atoms with E-state index >= 15 is 4.39 Å². The van der Waals surface area contributed by atoms with Crippen molar-refractivity contribution in [2.75, 3.05) is 18.9 Å². The van der Waals surface area contributed by atoms with Gasteiger partial charge in [-0.1, -0.05) is 18.2 Å². The smallest absolute Gasteiger partial charge is 0.150 e. The number of hydrogen-bond acceptors (Lipinski definition) is 6. The topological polar surface area (TPSA) is 94.9 Å². The van der Waals surface area contributed by atoms with Gasteiger partial charge >= 0.3 is 0 Å². The molecule has 0 radical (unpaired) electrons. The van der Waals surface area contributed by atoms with E-state index in [1.165, 1.54) is 6.07 Å². The number of benzene rings is 2. The van der Waals surface area contributed by atoms with Crippen LogP contribution in [0.4, 0.5) is 10.2 Å². The molecule has 2 unspecified atom stereocenters. The molecule has 3 N–H and O–H groups in total. The van der Waals surface area contributed by atoms with Crippen LogP contribution in [0.1, 0.15) is 24.6 Å². The molecule has 0 amide bonds. The maximum atomic E-state index is 15.2. The second kappa shape index (κ2) is 8.57. The lowest BCUT2D eigenvalue weighted by Gasteiger charge is -2.27. The molecule has 164 valence electrons. The van der Waals surface area contributed by atoms with Crippen LogP contribution in [0.3, 0.4) is 0 Å². The third kappa shape index (κ3) is 3.79. The number of imidazole rings is 1. The molecular formula is C24H23FN4O3. The molecule has 4 aromatic rings. The number of anilines is 1. The molecule has 7 nitrogen and oxygen atoms in total. The van der Waals surface area contributed by atoms with Crippen LogP contribution in [0, 0.1) is 5.82 Å². The molecule has 1 aliphatic rings. The Labute approximate surface area is 184 Å². The summed E-state index contributed by atoms with van der Waals surface area (Å²) in [6.07, 6.45) is 4.76. The molecule has 1 aliphatic heterocycles. The van der Waals surface area contributed by atoms with Gasteiger partial charge in [0.1, 0.15) is 40.2 Å². The van der Waals surface area contributed by atoms with Crippen molar-refractivity contribution in [3.63, 3.8) is 0 Å². The maximum absolute atomic E-state index is 15.2. The monoisotopic (exact) mass is 434 g/mol. The first kappa shape index (κ1) is 20.4. The number of nitrogen functional groups attached to an aromatic ring is 1.